The van der Waals surface area contributed by atoms with E-state index in [9.17, 15) is 14.7 Å². The molecule has 0 bridgehead atoms. The van der Waals surface area contributed by atoms with Gasteiger partial charge in [-0.1, -0.05) is 0 Å². The molecule has 2 rings (SSSR count). The predicted octanol–water partition coefficient (Wildman–Crippen LogP) is -0.642. The number of ketones is 1. The Morgan fingerprint density at radius 3 is 2.70 bits per heavy atom. The molecule has 8 heteroatoms. The molecule has 0 saturated carbocycles. The van der Waals surface area contributed by atoms with Crippen molar-refractivity contribution >= 4 is 11.7 Å². The lowest BCUT2D eigenvalue weighted by Crippen LogP contribution is -2.51. The van der Waals surface area contributed by atoms with Crippen LogP contribution >= 0.6 is 0 Å². The zero-order valence-electron chi connectivity index (χ0n) is 13.0. The van der Waals surface area contributed by atoms with Crippen LogP contribution in [0.2, 0.25) is 0 Å². The Labute approximate surface area is 133 Å². The zero-order valence-corrected chi connectivity index (χ0v) is 13.0. The molecule has 126 valence electrons. The Kier molecular flexibility index (Phi) is 5.54. The number of nitrogens with two attached hydrogens (primary N) is 1. The van der Waals surface area contributed by atoms with Gasteiger partial charge in [0.1, 0.15) is 6.04 Å². The maximum Gasteiger partial charge on any atom is 0.240 e. The molecule has 0 spiro atoms. The molecule has 1 aliphatic rings. The van der Waals surface area contributed by atoms with Crippen LogP contribution in [0, 0.1) is 0 Å². The third-order valence-corrected chi connectivity index (χ3v) is 3.54. The summed E-state index contributed by atoms with van der Waals surface area (Å²) in [5.74, 6) is 0.522. The Morgan fingerprint density at radius 1 is 1.30 bits per heavy atom. The second-order valence-corrected chi connectivity index (χ2v) is 5.34. The van der Waals surface area contributed by atoms with Crippen LogP contribution in [0.25, 0.3) is 0 Å². The first kappa shape index (κ1) is 17.2. The quantitative estimate of drug-likeness (QED) is 0.389. The average Bonchev–Trinajstić information content (AvgIpc) is 3.00. The van der Waals surface area contributed by atoms with Crippen molar-refractivity contribution in [3.63, 3.8) is 0 Å². The third kappa shape index (κ3) is 4.19. The number of rotatable bonds is 7. The Hall–Kier alpha value is -2.16. The summed E-state index contributed by atoms with van der Waals surface area (Å²) in [5, 5.41) is 14.6. The molecule has 1 aromatic rings. The van der Waals surface area contributed by atoms with Gasteiger partial charge in [-0.3, -0.25) is 14.9 Å². The lowest BCUT2D eigenvalue weighted by molar-refractivity contribution is -0.124. The molecular formula is C15H21N3O5. The van der Waals surface area contributed by atoms with Crippen LogP contribution < -0.4 is 25.8 Å². The van der Waals surface area contributed by atoms with Gasteiger partial charge in [0, 0.05) is 5.56 Å². The first-order valence-electron chi connectivity index (χ1n) is 7.28. The molecule has 1 aliphatic heterocycles. The van der Waals surface area contributed by atoms with Gasteiger partial charge in [0.25, 0.3) is 0 Å². The molecule has 0 aliphatic carbocycles. The second kappa shape index (κ2) is 7.40. The van der Waals surface area contributed by atoms with Crippen LogP contribution in [0.5, 0.6) is 11.5 Å². The van der Waals surface area contributed by atoms with E-state index in [4.69, 9.17) is 15.2 Å². The number of fused-ring (bicyclic) bond motifs is 1. The van der Waals surface area contributed by atoms with E-state index in [0.29, 0.717) is 17.1 Å². The van der Waals surface area contributed by atoms with E-state index in [1.165, 1.54) is 6.92 Å². The second-order valence-electron chi connectivity index (χ2n) is 5.34. The van der Waals surface area contributed by atoms with Crippen molar-refractivity contribution in [2.24, 2.45) is 5.73 Å². The number of aliphatic hydroxyl groups excluding tert-OH is 1. The number of hydrogen-bond acceptors (Lipinski definition) is 7. The van der Waals surface area contributed by atoms with Gasteiger partial charge < -0.3 is 25.6 Å². The maximum absolute atomic E-state index is 12.3. The number of Topliss-reactive ketones (excluding diaryl/α,β-unsaturated/α-hetero) is 1. The molecule has 3 atom stereocenters. The lowest BCUT2D eigenvalue weighted by atomic mass is 10.1. The first-order chi connectivity index (χ1) is 10.9. The van der Waals surface area contributed by atoms with Gasteiger partial charge in [-0.05, 0) is 32.0 Å². The normalized spacial score (nSPS) is 16.5. The number of carbonyl (C=O) groups excluding carboxylic acids is 2. The fourth-order valence-electron chi connectivity index (χ4n) is 2.02. The molecule has 1 aromatic carbocycles. The standard InChI is InChI=1S/C15H21N3O5/c1-8(17-6-18-15(21)13(16)9(2)19)14(20)10-3-4-11-12(5-10)23-7-22-11/h3-5,8-9,13,17,19H,6-7,16H2,1-2H3,(H,18,21). The fraction of sp³-hybridized carbons (Fsp3) is 0.467. The topological polar surface area (TPSA) is 123 Å². The van der Waals surface area contributed by atoms with Gasteiger partial charge in [0.05, 0.1) is 18.8 Å². The summed E-state index contributed by atoms with van der Waals surface area (Å²) in [7, 11) is 0. The van der Waals surface area contributed by atoms with Gasteiger partial charge in [-0.25, -0.2) is 0 Å². The summed E-state index contributed by atoms with van der Waals surface area (Å²) in [6.07, 6.45) is -0.942. The van der Waals surface area contributed by atoms with E-state index in [1.807, 2.05) is 0 Å². The number of aliphatic hydroxyl groups is 1. The summed E-state index contributed by atoms with van der Waals surface area (Å²) in [5.41, 5.74) is 5.98. The van der Waals surface area contributed by atoms with Crippen LogP contribution in [0.4, 0.5) is 0 Å². The molecule has 0 saturated heterocycles. The molecule has 0 fully saturated rings. The molecule has 3 unspecified atom stereocenters. The summed E-state index contributed by atoms with van der Waals surface area (Å²) < 4.78 is 10.4. The van der Waals surface area contributed by atoms with E-state index in [2.05, 4.69) is 10.6 Å². The third-order valence-electron chi connectivity index (χ3n) is 3.54. The Bertz CT molecular complexity index is 590. The highest BCUT2D eigenvalue weighted by atomic mass is 16.7. The SMILES string of the molecule is CC(NCNC(=O)C(N)C(C)O)C(=O)c1ccc2c(c1)OCO2. The number of benzene rings is 1. The monoisotopic (exact) mass is 323 g/mol. The molecule has 0 radical (unpaired) electrons. The predicted molar refractivity (Wildman–Crippen MR) is 82.2 cm³/mol. The van der Waals surface area contributed by atoms with E-state index in [0.717, 1.165) is 0 Å². The van der Waals surface area contributed by atoms with Crippen molar-refractivity contribution in [1.29, 1.82) is 0 Å². The van der Waals surface area contributed by atoms with Gasteiger partial charge in [-0.2, -0.15) is 0 Å². The molecule has 5 N–H and O–H groups in total. The van der Waals surface area contributed by atoms with Crippen molar-refractivity contribution in [3.8, 4) is 11.5 Å². The minimum absolute atomic E-state index is 0.0662. The van der Waals surface area contributed by atoms with Crippen LogP contribution in [0.3, 0.4) is 0 Å². The summed E-state index contributed by atoms with van der Waals surface area (Å²) in [4.78, 5) is 23.9. The lowest BCUT2D eigenvalue weighted by Gasteiger charge is -2.17. The van der Waals surface area contributed by atoms with Crippen molar-refractivity contribution in [2.75, 3.05) is 13.5 Å². The van der Waals surface area contributed by atoms with Crippen molar-refractivity contribution in [1.82, 2.24) is 10.6 Å². The van der Waals surface area contributed by atoms with E-state index in [-0.39, 0.29) is 19.2 Å². The average molecular weight is 323 g/mol. The highest BCUT2D eigenvalue weighted by molar-refractivity contribution is 6.00. The van der Waals surface area contributed by atoms with Gasteiger partial charge >= 0.3 is 0 Å². The Balaban J connectivity index is 1.85. The minimum atomic E-state index is -1.00. The zero-order chi connectivity index (χ0) is 17.0. The van der Waals surface area contributed by atoms with Crippen molar-refractivity contribution in [2.45, 2.75) is 32.0 Å². The summed E-state index contributed by atoms with van der Waals surface area (Å²) >= 11 is 0. The van der Waals surface area contributed by atoms with E-state index >= 15 is 0 Å². The smallest absolute Gasteiger partial charge is 0.240 e. The van der Waals surface area contributed by atoms with Crippen LogP contribution in [-0.4, -0.2) is 48.4 Å². The molecule has 8 nitrogen and oxygen atoms in total. The van der Waals surface area contributed by atoms with E-state index in [1.54, 1.807) is 25.1 Å². The van der Waals surface area contributed by atoms with Crippen molar-refractivity contribution < 1.29 is 24.2 Å². The van der Waals surface area contributed by atoms with Crippen LogP contribution in [0.1, 0.15) is 24.2 Å². The maximum atomic E-state index is 12.3. The van der Waals surface area contributed by atoms with E-state index < -0.39 is 24.1 Å². The highest BCUT2D eigenvalue weighted by Crippen LogP contribution is 2.32. The molecule has 23 heavy (non-hydrogen) atoms. The molecule has 1 amide bonds. The Morgan fingerprint density at radius 2 is 2.00 bits per heavy atom. The molecule has 0 aromatic heterocycles. The number of amides is 1. The molecular weight excluding hydrogens is 302 g/mol. The first-order valence-corrected chi connectivity index (χ1v) is 7.28. The van der Waals surface area contributed by atoms with Crippen LogP contribution in [-0.2, 0) is 4.79 Å². The number of ether oxygens (including phenoxy) is 2. The van der Waals surface area contributed by atoms with Gasteiger partial charge in [-0.15, -0.1) is 0 Å². The summed E-state index contributed by atoms with van der Waals surface area (Å²) in [6.45, 7) is 3.34. The van der Waals surface area contributed by atoms with Gasteiger partial charge in [0.2, 0.25) is 12.7 Å². The minimum Gasteiger partial charge on any atom is -0.454 e. The number of carbonyl (C=O) groups is 2. The van der Waals surface area contributed by atoms with Crippen LogP contribution in [0.15, 0.2) is 18.2 Å². The number of hydrogen-bond donors (Lipinski definition) is 4. The summed E-state index contributed by atoms with van der Waals surface area (Å²) in [6, 6.07) is 3.46. The van der Waals surface area contributed by atoms with Gasteiger partial charge in [0.15, 0.2) is 17.3 Å². The largest absolute Gasteiger partial charge is 0.454 e. The highest BCUT2D eigenvalue weighted by Gasteiger charge is 2.21. The fourth-order valence-corrected chi connectivity index (χ4v) is 2.02. The van der Waals surface area contributed by atoms with Crippen molar-refractivity contribution in [3.05, 3.63) is 23.8 Å². The number of nitrogens with one attached hydrogen (secondary N) is 2. The molecule has 1 heterocycles.